The van der Waals surface area contributed by atoms with Crippen LogP contribution in [0.15, 0.2) is 24.4 Å². The molecule has 1 saturated heterocycles. The zero-order valence-corrected chi connectivity index (χ0v) is 21.7. The predicted molar refractivity (Wildman–Crippen MR) is 138 cm³/mol. The summed E-state index contributed by atoms with van der Waals surface area (Å²) in [6.45, 7) is 8.76. The van der Waals surface area contributed by atoms with Gasteiger partial charge in [0.1, 0.15) is 28.6 Å². The Morgan fingerprint density at radius 1 is 1.17 bits per heavy atom. The molecule has 1 atom stereocenters. The Balaban J connectivity index is 1.75. The third-order valence-electron chi connectivity index (χ3n) is 6.05. The number of aromatic nitrogens is 3. The average molecular weight is 492 g/mol. The molecule has 4 rings (SSSR count). The number of amides is 1. The monoisotopic (exact) mass is 491 g/mol. The summed E-state index contributed by atoms with van der Waals surface area (Å²) in [6.07, 6.45) is 2.99. The molecule has 1 aliphatic rings. The second-order valence-corrected chi connectivity index (χ2v) is 9.76. The highest BCUT2D eigenvalue weighted by Crippen LogP contribution is 2.32. The largest absolute Gasteiger partial charge is 0.497 e. The summed E-state index contributed by atoms with van der Waals surface area (Å²) in [4.78, 5) is 18.8. The highest BCUT2D eigenvalue weighted by atomic mass is 16.6. The Hall–Kier alpha value is -3.93. The Morgan fingerprint density at radius 3 is 2.47 bits per heavy atom. The molecule has 2 N–H and O–H groups in total. The summed E-state index contributed by atoms with van der Waals surface area (Å²) in [7, 11) is 3.20. The van der Waals surface area contributed by atoms with E-state index in [4.69, 9.17) is 25.0 Å². The van der Waals surface area contributed by atoms with Crippen molar-refractivity contribution in [3.63, 3.8) is 0 Å². The molecule has 3 aromatic rings. The summed E-state index contributed by atoms with van der Waals surface area (Å²) in [5.41, 5.74) is 9.00. The maximum atomic E-state index is 12.6. The van der Waals surface area contributed by atoms with Crippen molar-refractivity contribution in [2.75, 3.05) is 33.0 Å². The van der Waals surface area contributed by atoms with Gasteiger partial charge < -0.3 is 24.8 Å². The second kappa shape index (κ2) is 9.97. The molecule has 36 heavy (non-hydrogen) atoms. The van der Waals surface area contributed by atoms with Gasteiger partial charge in [0.2, 0.25) is 0 Å². The summed E-state index contributed by atoms with van der Waals surface area (Å²) >= 11 is 0. The van der Waals surface area contributed by atoms with E-state index in [1.165, 1.54) is 0 Å². The molecule has 9 heteroatoms. The molecule has 3 heterocycles. The smallest absolute Gasteiger partial charge is 0.410 e. The van der Waals surface area contributed by atoms with E-state index in [0.29, 0.717) is 36.1 Å². The number of carbonyl (C=O) groups is 1. The van der Waals surface area contributed by atoms with Crippen LogP contribution in [-0.2, 0) is 11.2 Å². The first-order valence-electron chi connectivity index (χ1n) is 12.0. The van der Waals surface area contributed by atoms with Crippen LogP contribution in [0.2, 0.25) is 0 Å². The fourth-order valence-electron chi connectivity index (χ4n) is 4.31. The van der Waals surface area contributed by atoms with E-state index < -0.39 is 5.60 Å². The van der Waals surface area contributed by atoms with E-state index in [0.717, 1.165) is 34.9 Å². The lowest BCUT2D eigenvalue weighted by atomic mass is 10.1. The van der Waals surface area contributed by atoms with E-state index >= 15 is 0 Å². The van der Waals surface area contributed by atoms with Crippen molar-refractivity contribution < 1.29 is 19.0 Å². The number of carbonyl (C=O) groups excluding carboxylic acids is 1. The average Bonchev–Trinajstić information content (AvgIpc) is 3.48. The fourth-order valence-corrected chi connectivity index (χ4v) is 4.31. The van der Waals surface area contributed by atoms with Crippen LogP contribution in [0.25, 0.3) is 10.9 Å². The molecule has 1 fully saturated rings. The lowest BCUT2D eigenvalue weighted by molar-refractivity contribution is 0.0288. The van der Waals surface area contributed by atoms with Gasteiger partial charge in [-0.2, -0.15) is 5.10 Å². The normalized spacial score (nSPS) is 15.5. The van der Waals surface area contributed by atoms with Crippen LogP contribution < -0.4 is 15.2 Å². The van der Waals surface area contributed by atoms with Gasteiger partial charge in [0.05, 0.1) is 31.2 Å². The Labute approximate surface area is 211 Å². The first kappa shape index (κ1) is 25.2. The highest BCUT2D eigenvalue weighted by Gasteiger charge is 2.33. The number of aryl methyl sites for hydroxylation is 1. The van der Waals surface area contributed by atoms with E-state index in [-0.39, 0.29) is 12.1 Å². The molecule has 1 aromatic carbocycles. The lowest BCUT2D eigenvalue weighted by Crippen LogP contribution is -2.35. The lowest BCUT2D eigenvalue weighted by Gasteiger charge is -2.24. The molecular weight excluding hydrogens is 458 g/mol. The van der Waals surface area contributed by atoms with Crippen molar-refractivity contribution in [2.24, 2.45) is 0 Å². The van der Waals surface area contributed by atoms with Crippen molar-refractivity contribution >= 4 is 22.8 Å². The number of pyridine rings is 1. The van der Waals surface area contributed by atoms with Gasteiger partial charge in [-0.3, -0.25) is 4.68 Å². The van der Waals surface area contributed by atoms with Crippen molar-refractivity contribution in [1.29, 1.82) is 0 Å². The first-order valence-corrected chi connectivity index (χ1v) is 12.0. The van der Waals surface area contributed by atoms with Gasteiger partial charge in [0.15, 0.2) is 0 Å². The molecule has 0 saturated carbocycles. The minimum atomic E-state index is -0.547. The minimum Gasteiger partial charge on any atom is -0.497 e. The zero-order valence-electron chi connectivity index (χ0n) is 21.7. The summed E-state index contributed by atoms with van der Waals surface area (Å²) in [5, 5.41) is 5.62. The number of nitrogens with two attached hydrogens (primary N) is 1. The number of rotatable bonds is 4. The van der Waals surface area contributed by atoms with Gasteiger partial charge in [-0.05, 0) is 57.2 Å². The molecule has 190 valence electrons. The second-order valence-electron chi connectivity index (χ2n) is 9.76. The number of likely N-dealkylation sites (tertiary alicyclic amines) is 1. The van der Waals surface area contributed by atoms with Crippen molar-refractivity contribution in [3.05, 3.63) is 41.2 Å². The van der Waals surface area contributed by atoms with Crippen LogP contribution in [0, 0.1) is 11.8 Å². The number of nitrogens with zero attached hydrogens (tertiary/aromatic N) is 4. The number of methoxy groups -OCH3 is 2. The van der Waals surface area contributed by atoms with Gasteiger partial charge in [0.25, 0.3) is 0 Å². The molecule has 1 aliphatic heterocycles. The van der Waals surface area contributed by atoms with Crippen LogP contribution in [0.4, 0.5) is 10.6 Å². The SMILES string of the molecule is CCc1cnc(N)c2c(C#Cc3cc(OC)cc(OC)c3)nn(C3CCN(C(=O)OC(C)(C)C)C3)c12. The number of nitrogen functional groups attached to an aromatic ring is 1. The molecule has 0 aliphatic carbocycles. The van der Waals surface area contributed by atoms with Gasteiger partial charge in [-0.15, -0.1) is 0 Å². The minimum absolute atomic E-state index is 0.0282. The maximum Gasteiger partial charge on any atom is 0.410 e. The van der Waals surface area contributed by atoms with Gasteiger partial charge in [0, 0.05) is 30.9 Å². The molecule has 2 aromatic heterocycles. The van der Waals surface area contributed by atoms with Gasteiger partial charge >= 0.3 is 6.09 Å². The molecular formula is C27H33N5O4. The van der Waals surface area contributed by atoms with Crippen LogP contribution in [0.5, 0.6) is 11.5 Å². The van der Waals surface area contributed by atoms with Gasteiger partial charge in [-0.1, -0.05) is 12.8 Å². The standard InChI is InChI=1S/C27H33N5O4/c1-7-18-15-29-25(28)23-22(9-8-17-12-20(34-5)14-21(13-17)35-6)30-32(24(18)23)19-10-11-31(16-19)26(33)36-27(2,3)4/h12-15,19H,7,10-11,16H2,1-6H3,(H2,28,29). The highest BCUT2D eigenvalue weighted by molar-refractivity contribution is 5.95. The fraction of sp³-hybridized carbons (Fsp3) is 0.444. The summed E-state index contributed by atoms with van der Waals surface area (Å²) in [5.74, 6) is 8.04. The van der Waals surface area contributed by atoms with Crippen LogP contribution in [0.1, 0.15) is 57.0 Å². The number of hydrogen-bond donors (Lipinski definition) is 1. The molecule has 0 radical (unpaired) electrons. The number of benzene rings is 1. The molecule has 1 amide bonds. The quantitative estimate of drug-likeness (QED) is 0.546. The number of hydrogen-bond acceptors (Lipinski definition) is 7. The van der Waals surface area contributed by atoms with Crippen molar-refractivity contribution in [1.82, 2.24) is 19.7 Å². The van der Waals surface area contributed by atoms with Crippen molar-refractivity contribution in [2.45, 2.75) is 52.2 Å². The third kappa shape index (κ3) is 5.18. The Kier molecular flexibility index (Phi) is 6.97. The maximum absolute atomic E-state index is 12.6. The topological polar surface area (TPSA) is 105 Å². The van der Waals surface area contributed by atoms with E-state index in [1.54, 1.807) is 31.4 Å². The van der Waals surface area contributed by atoms with E-state index in [1.807, 2.05) is 37.6 Å². The first-order chi connectivity index (χ1) is 17.1. The predicted octanol–water partition coefficient (Wildman–Crippen LogP) is 4.17. The summed E-state index contributed by atoms with van der Waals surface area (Å²) < 4.78 is 18.3. The molecule has 0 spiro atoms. The molecule has 0 bridgehead atoms. The molecule has 9 nitrogen and oxygen atoms in total. The Bertz CT molecular complexity index is 1320. The number of ether oxygens (including phenoxy) is 3. The van der Waals surface area contributed by atoms with Crippen LogP contribution >= 0.6 is 0 Å². The summed E-state index contributed by atoms with van der Waals surface area (Å²) in [6, 6.07) is 5.44. The van der Waals surface area contributed by atoms with Gasteiger partial charge in [-0.25, -0.2) is 9.78 Å². The number of fused-ring (bicyclic) bond motifs is 1. The van der Waals surface area contributed by atoms with E-state index in [2.05, 4.69) is 23.7 Å². The van der Waals surface area contributed by atoms with Crippen LogP contribution in [-0.4, -0.2) is 58.7 Å². The van der Waals surface area contributed by atoms with Crippen LogP contribution in [0.3, 0.4) is 0 Å². The Morgan fingerprint density at radius 2 is 1.86 bits per heavy atom. The zero-order chi connectivity index (χ0) is 26.0. The molecule has 1 unspecified atom stereocenters. The number of anilines is 1. The third-order valence-corrected chi connectivity index (χ3v) is 6.05. The van der Waals surface area contributed by atoms with E-state index in [9.17, 15) is 4.79 Å². The van der Waals surface area contributed by atoms with Crippen molar-refractivity contribution in [3.8, 4) is 23.3 Å².